The van der Waals surface area contributed by atoms with Crippen molar-refractivity contribution in [2.24, 2.45) is 0 Å². The molecule has 7 nitrogen and oxygen atoms in total. The highest BCUT2D eigenvalue weighted by molar-refractivity contribution is 5.94. The second-order valence-electron chi connectivity index (χ2n) is 6.14. The number of aryl methyl sites for hydroxylation is 1. The fourth-order valence-corrected chi connectivity index (χ4v) is 2.77. The number of nitrogens with one attached hydrogen (secondary N) is 1. The molecule has 3 rings (SSSR count). The first kappa shape index (κ1) is 17.6. The van der Waals surface area contributed by atoms with Gasteiger partial charge in [-0.05, 0) is 50.6 Å². The summed E-state index contributed by atoms with van der Waals surface area (Å²) in [7, 11) is 0. The molecule has 1 aromatic heterocycles. The first-order valence-corrected chi connectivity index (χ1v) is 8.71. The molecule has 7 heteroatoms. The second-order valence-corrected chi connectivity index (χ2v) is 6.14. The van der Waals surface area contributed by atoms with Gasteiger partial charge in [-0.25, -0.2) is 0 Å². The van der Waals surface area contributed by atoms with E-state index in [1.165, 1.54) is 0 Å². The lowest BCUT2D eigenvalue weighted by Gasteiger charge is -2.26. The zero-order valence-electron chi connectivity index (χ0n) is 14.5. The van der Waals surface area contributed by atoms with E-state index in [0.29, 0.717) is 23.8 Å². The smallest absolute Gasteiger partial charge is 0.257 e. The van der Waals surface area contributed by atoms with Crippen molar-refractivity contribution in [3.63, 3.8) is 0 Å². The van der Waals surface area contributed by atoms with Crippen LogP contribution in [0.2, 0.25) is 0 Å². The van der Waals surface area contributed by atoms with Gasteiger partial charge in [-0.2, -0.15) is 4.98 Å². The Hall–Kier alpha value is -2.25. The normalized spacial score (nSPS) is 15.2. The van der Waals surface area contributed by atoms with Crippen molar-refractivity contribution in [1.82, 2.24) is 20.4 Å². The minimum atomic E-state index is -0.0559. The number of amides is 1. The van der Waals surface area contributed by atoms with Crippen molar-refractivity contribution in [1.29, 1.82) is 0 Å². The molecule has 1 aliphatic heterocycles. The summed E-state index contributed by atoms with van der Waals surface area (Å²) in [5.41, 5.74) is 1.44. The summed E-state index contributed by atoms with van der Waals surface area (Å²) in [5.74, 6) is 1.00. The van der Waals surface area contributed by atoms with Gasteiger partial charge in [0.1, 0.15) is 0 Å². The number of ether oxygens (including phenoxy) is 1. The van der Waals surface area contributed by atoms with Gasteiger partial charge in [-0.3, -0.25) is 9.69 Å². The lowest BCUT2D eigenvalue weighted by molar-refractivity contribution is 0.0372. The fourth-order valence-electron chi connectivity index (χ4n) is 2.77. The van der Waals surface area contributed by atoms with Crippen molar-refractivity contribution in [3.05, 3.63) is 35.7 Å². The molecular formula is C18H24N4O3. The van der Waals surface area contributed by atoms with Crippen LogP contribution in [-0.4, -0.2) is 60.3 Å². The topological polar surface area (TPSA) is 80.5 Å². The van der Waals surface area contributed by atoms with E-state index in [-0.39, 0.29) is 5.91 Å². The Bertz CT molecular complexity index is 678. The maximum absolute atomic E-state index is 12.2. The van der Waals surface area contributed by atoms with E-state index in [0.717, 1.165) is 51.3 Å². The predicted octanol–water partition coefficient (Wildman–Crippen LogP) is 1.89. The van der Waals surface area contributed by atoms with Crippen molar-refractivity contribution >= 4 is 5.91 Å². The monoisotopic (exact) mass is 344 g/mol. The molecule has 0 bridgehead atoms. The summed E-state index contributed by atoms with van der Waals surface area (Å²) < 4.78 is 10.5. The highest BCUT2D eigenvalue weighted by atomic mass is 16.5. The zero-order valence-corrected chi connectivity index (χ0v) is 14.5. The van der Waals surface area contributed by atoms with E-state index >= 15 is 0 Å². The van der Waals surface area contributed by atoms with Crippen LogP contribution in [0.5, 0.6) is 0 Å². The third kappa shape index (κ3) is 5.11. The summed E-state index contributed by atoms with van der Waals surface area (Å²) in [5, 5.41) is 6.73. The molecule has 0 radical (unpaired) electrons. The van der Waals surface area contributed by atoms with Crippen LogP contribution in [0.15, 0.2) is 28.8 Å². The maximum atomic E-state index is 12.2. The molecular weight excluding hydrogens is 320 g/mol. The van der Waals surface area contributed by atoms with Gasteiger partial charge in [0.25, 0.3) is 11.8 Å². The second kappa shape index (κ2) is 8.73. The molecule has 1 aliphatic rings. The molecule has 134 valence electrons. The minimum absolute atomic E-state index is 0.0559. The van der Waals surface area contributed by atoms with Gasteiger partial charge < -0.3 is 14.6 Å². The number of rotatable bonds is 7. The van der Waals surface area contributed by atoms with E-state index in [4.69, 9.17) is 9.26 Å². The van der Waals surface area contributed by atoms with Gasteiger partial charge in [0.2, 0.25) is 0 Å². The van der Waals surface area contributed by atoms with Crippen LogP contribution in [0.1, 0.15) is 29.0 Å². The standard InChI is InChI=1S/C18H24N4O3/c1-14-20-18(25-21-14)16-6-4-15(5-7-16)17(23)19-8-2-3-9-22-10-12-24-13-11-22/h4-7H,2-3,8-13H2,1H3,(H,19,23). The van der Waals surface area contributed by atoms with E-state index in [1.54, 1.807) is 19.1 Å². The summed E-state index contributed by atoms with van der Waals surface area (Å²) in [6.07, 6.45) is 2.05. The van der Waals surface area contributed by atoms with Crippen molar-refractivity contribution < 1.29 is 14.1 Å². The first-order valence-electron chi connectivity index (χ1n) is 8.71. The number of hydrogen-bond donors (Lipinski definition) is 1. The molecule has 1 N–H and O–H groups in total. The van der Waals surface area contributed by atoms with Crippen LogP contribution < -0.4 is 5.32 Å². The number of nitrogens with zero attached hydrogens (tertiary/aromatic N) is 3. The van der Waals surface area contributed by atoms with Gasteiger partial charge in [0, 0.05) is 30.8 Å². The van der Waals surface area contributed by atoms with Gasteiger partial charge in [0.05, 0.1) is 13.2 Å². The first-order chi connectivity index (χ1) is 12.2. The lowest BCUT2D eigenvalue weighted by Crippen LogP contribution is -2.37. The fraction of sp³-hybridized carbons (Fsp3) is 0.500. The van der Waals surface area contributed by atoms with Crippen LogP contribution in [0.4, 0.5) is 0 Å². The number of unbranched alkanes of at least 4 members (excludes halogenated alkanes) is 1. The van der Waals surface area contributed by atoms with Crippen molar-refractivity contribution in [2.75, 3.05) is 39.4 Å². The number of hydrogen-bond acceptors (Lipinski definition) is 6. The molecule has 1 aromatic carbocycles. The molecule has 1 fully saturated rings. The van der Waals surface area contributed by atoms with Gasteiger partial charge in [-0.15, -0.1) is 0 Å². The molecule has 2 heterocycles. The van der Waals surface area contributed by atoms with Crippen LogP contribution in [0, 0.1) is 6.92 Å². The quantitative estimate of drug-likeness (QED) is 0.773. The largest absolute Gasteiger partial charge is 0.379 e. The average Bonchev–Trinajstić information content (AvgIpc) is 3.09. The summed E-state index contributed by atoms with van der Waals surface area (Å²) in [4.78, 5) is 18.8. The van der Waals surface area contributed by atoms with E-state index in [2.05, 4.69) is 20.4 Å². The van der Waals surface area contributed by atoms with E-state index < -0.39 is 0 Å². The number of morpholine rings is 1. The number of aromatic nitrogens is 2. The predicted molar refractivity (Wildman–Crippen MR) is 93.3 cm³/mol. The average molecular weight is 344 g/mol. The molecule has 25 heavy (non-hydrogen) atoms. The Balaban J connectivity index is 1.39. The third-order valence-corrected chi connectivity index (χ3v) is 4.21. The van der Waals surface area contributed by atoms with Crippen LogP contribution in [0.25, 0.3) is 11.5 Å². The van der Waals surface area contributed by atoms with Crippen LogP contribution in [-0.2, 0) is 4.74 Å². The summed E-state index contributed by atoms with van der Waals surface area (Å²) >= 11 is 0. The maximum Gasteiger partial charge on any atom is 0.257 e. The SMILES string of the molecule is Cc1noc(-c2ccc(C(=O)NCCCCN3CCOCC3)cc2)n1. The number of carbonyl (C=O) groups excluding carboxylic acids is 1. The third-order valence-electron chi connectivity index (χ3n) is 4.21. The van der Waals surface area contributed by atoms with Crippen LogP contribution in [0.3, 0.4) is 0 Å². The molecule has 0 unspecified atom stereocenters. The van der Waals surface area contributed by atoms with Crippen LogP contribution >= 0.6 is 0 Å². The van der Waals surface area contributed by atoms with Gasteiger partial charge >= 0.3 is 0 Å². The molecule has 0 aliphatic carbocycles. The lowest BCUT2D eigenvalue weighted by atomic mass is 10.1. The van der Waals surface area contributed by atoms with E-state index in [1.807, 2.05) is 12.1 Å². The number of carbonyl (C=O) groups is 1. The number of benzene rings is 1. The van der Waals surface area contributed by atoms with Gasteiger partial charge in [-0.1, -0.05) is 5.16 Å². The molecule has 0 saturated carbocycles. The Morgan fingerprint density at radius 2 is 1.96 bits per heavy atom. The van der Waals surface area contributed by atoms with Gasteiger partial charge in [0.15, 0.2) is 5.82 Å². The Morgan fingerprint density at radius 3 is 2.64 bits per heavy atom. The highest BCUT2D eigenvalue weighted by Crippen LogP contribution is 2.17. The minimum Gasteiger partial charge on any atom is -0.379 e. The Morgan fingerprint density at radius 1 is 1.20 bits per heavy atom. The van der Waals surface area contributed by atoms with Crippen molar-refractivity contribution in [2.45, 2.75) is 19.8 Å². The molecule has 0 atom stereocenters. The molecule has 2 aromatic rings. The van der Waals surface area contributed by atoms with Crippen molar-refractivity contribution in [3.8, 4) is 11.5 Å². The molecule has 0 spiro atoms. The highest BCUT2D eigenvalue weighted by Gasteiger charge is 2.10. The Labute approximate surface area is 147 Å². The molecule has 1 amide bonds. The summed E-state index contributed by atoms with van der Waals surface area (Å²) in [6, 6.07) is 7.19. The Kier molecular flexibility index (Phi) is 6.14. The summed E-state index contributed by atoms with van der Waals surface area (Å²) in [6.45, 7) is 7.21. The van der Waals surface area contributed by atoms with E-state index in [9.17, 15) is 4.79 Å². The molecule has 1 saturated heterocycles. The zero-order chi connectivity index (χ0) is 17.5.